The SMILES string of the molecule is CCn1cncc1CNc1ccc(-n2nccn2)cc1. The number of nitrogens with zero attached hydrogens (tertiary/aromatic N) is 5. The maximum absolute atomic E-state index is 4.16. The summed E-state index contributed by atoms with van der Waals surface area (Å²) >= 11 is 0. The third-order valence-corrected chi connectivity index (χ3v) is 3.13. The zero-order valence-corrected chi connectivity index (χ0v) is 11.3. The van der Waals surface area contributed by atoms with E-state index in [0.29, 0.717) is 0 Å². The maximum Gasteiger partial charge on any atom is 0.0948 e. The van der Waals surface area contributed by atoms with Gasteiger partial charge < -0.3 is 9.88 Å². The third-order valence-electron chi connectivity index (χ3n) is 3.13. The van der Waals surface area contributed by atoms with Gasteiger partial charge in [-0.15, -0.1) is 0 Å². The van der Waals surface area contributed by atoms with E-state index in [4.69, 9.17) is 0 Å². The highest BCUT2D eigenvalue weighted by molar-refractivity contribution is 5.48. The number of hydrogen-bond acceptors (Lipinski definition) is 4. The fourth-order valence-electron chi connectivity index (χ4n) is 2.03. The van der Waals surface area contributed by atoms with Gasteiger partial charge in [0, 0.05) is 18.4 Å². The van der Waals surface area contributed by atoms with Gasteiger partial charge in [0.25, 0.3) is 0 Å². The van der Waals surface area contributed by atoms with Crippen LogP contribution in [0.3, 0.4) is 0 Å². The van der Waals surface area contributed by atoms with Crippen LogP contribution in [0.25, 0.3) is 5.69 Å². The van der Waals surface area contributed by atoms with Gasteiger partial charge in [-0.2, -0.15) is 15.0 Å². The molecule has 3 aromatic rings. The largest absolute Gasteiger partial charge is 0.379 e. The minimum atomic E-state index is 0.757. The molecule has 0 amide bonds. The number of rotatable bonds is 5. The van der Waals surface area contributed by atoms with Crippen LogP contribution in [0.2, 0.25) is 0 Å². The Labute approximate surface area is 117 Å². The van der Waals surface area contributed by atoms with Gasteiger partial charge in [0.2, 0.25) is 0 Å². The first-order chi connectivity index (χ1) is 9.86. The lowest BCUT2D eigenvalue weighted by Crippen LogP contribution is -2.06. The minimum absolute atomic E-state index is 0.757. The molecular weight excluding hydrogens is 252 g/mol. The summed E-state index contributed by atoms with van der Waals surface area (Å²) in [6.45, 7) is 3.80. The number of imidazole rings is 1. The molecule has 0 aliphatic heterocycles. The van der Waals surface area contributed by atoms with Crippen molar-refractivity contribution < 1.29 is 0 Å². The van der Waals surface area contributed by atoms with Crippen molar-refractivity contribution in [3.63, 3.8) is 0 Å². The number of aromatic nitrogens is 5. The summed E-state index contributed by atoms with van der Waals surface area (Å²) in [6.07, 6.45) is 7.07. The molecule has 102 valence electrons. The zero-order chi connectivity index (χ0) is 13.8. The molecule has 1 aromatic carbocycles. The lowest BCUT2D eigenvalue weighted by Gasteiger charge is -2.09. The van der Waals surface area contributed by atoms with Crippen molar-refractivity contribution in [2.45, 2.75) is 20.0 Å². The Kier molecular flexibility index (Phi) is 3.45. The Morgan fingerprint density at radius 3 is 2.55 bits per heavy atom. The molecule has 0 spiro atoms. The standard InChI is InChI=1S/C14H16N6/c1-2-19-11-15-9-14(19)10-16-12-3-5-13(6-4-12)20-17-7-8-18-20/h3-9,11,16H,2,10H2,1H3. The Morgan fingerprint density at radius 2 is 1.85 bits per heavy atom. The molecule has 0 saturated heterocycles. The second-order valence-corrected chi connectivity index (χ2v) is 4.39. The Balaban J connectivity index is 1.67. The highest BCUT2D eigenvalue weighted by Gasteiger charge is 2.01. The molecule has 0 fully saturated rings. The van der Waals surface area contributed by atoms with Crippen LogP contribution < -0.4 is 5.32 Å². The van der Waals surface area contributed by atoms with Crippen molar-refractivity contribution in [1.82, 2.24) is 24.5 Å². The van der Waals surface area contributed by atoms with Gasteiger partial charge in [-0.05, 0) is 31.2 Å². The summed E-state index contributed by atoms with van der Waals surface area (Å²) in [4.78, 5) is 5.75. The van der Waals surface area contributed by atoms with Crippen LogP contribution in [0.5, 0.6) is 0 Å². The molecule has 1 N–H and O–H groups in total. The van der Waals surface area contributed by atoms with Crippen LogP contribution in [0.15, 0.2) is 49.2 Å². The molecule has 0 bridgehead atoms. The monoisotopic (exact) mass is 268 g/mol. The highest BCUT2D eigenvalue weighted by Crippen LogP contribution is 2.13. The molecule has 0 aliphatic rings. The van der Waals surface area contributed by atoms with Crippen molar-refractivity contribution in [3.8, 4) is 5.69 Å². The first-order valence-corrected chi connectivity index (χ1v) is 6.56. The van der Waals surface area contributed by atoms with Crippen molar-refractivity contribution in [2.75, 3.05) is 5.32 Å². The van der Waals surface area contributed by atoms with Gasteiger partial charge in [0.1, 0.15) is 0 Å². The van der Waals surface area contributed by atoms with E-state index >= 15 is 0 Å². The molecule has 2 aromatic heterocycles. The fraction of sp³-hybridized carbons (Fsp3) is 0.214. The highest BCUT2D eigenvalue weighted by atomic mass is 15.5. The van der Waals surface area contributed by atoms with Crippen molar-refractivity contribution >= 4 is 5.69 Å². The summed E-state index contributed by atoms with van der Waals surface area (Å²) in [6, 6.07) is 8.01. The van der Waals surface area contributed by atoms with Crippen LogP contribution in [0.4, 0.5) is 5.69 Å². The van der Waals surface area contributed by atoms with Gasteiger partial charge in [-0.1, -0.05) is 0 Å². The van der Waals surface area contributed by atoms with E-state index in [1.54, 1.807) is 17.2 Å². The summed E-state index contributed by atoms with van der Waals surface area (Å²) in [5.41, 5.74) is 3.18. The quantitative estimate of drug-likeness (QED) is 0.769. The second kappa shape index (κ2) is 5.56. The normalized spacial score (nSPS) is 10.7. The summed E-state index contributed by atoms with van der Waals surface area (Å²) in [5, 5.41) is 11.6. The fourth-order valence-corrected chi connectivity index (χ4v) is 2.03. The van der Waals surface area contributed by atoms with Gasteiger partial charge in [0.15, 0.2) is 0 Å². The zero-order valence-electron chi connectivity index (χ0n) is 11.3. The first-order valence-electron chi connectivity index (χ1n) is 6.56. The average Bonchev–Trinajstić information content (AvgIpc) is 3.16. The van der Waals surface area contributed by atoms with Gasteiger partial charge in [-0.25, -0.2) is 4.98 Å². The maximum atomic E-state index is 4.16. The van der Waals surface area contributed by atoms with Crippen molar-refractivity contribution in [3.05, 3.63) is 54.9 Å². The molecule has 6 heteroatoms. The molecular formula is C14H16N6. The first kappa shape index (κ1) is 12.4. The Hall–Kier alpha value is -2.63. The predicted octanol–water partition coefficient (Wildman–Crippen LogP) is 2.10. The van der Waals surface area contributed by atoms with Gasteiger partial charge >= 0.3 is 0 Å². The second-order valence-electron chi connectivity index (χ2n) is 4.39. The summed E-state index contributed by atoms with van der Waals surface area (Å²) < 4.78 is 2.12. The van der Waals surface area contributed by atoms with E-state index in [9.17, 15) is 0 Å². The van der Waals surface area contributed by atoms with E-state index in [1.165, 1.54) is 5.69 Å². The lowest BCUT2D eigenvalue weighted by molar-refractivity contribution is 0.719. The average molecular weight is 268 g/mol. The van der Waals surface area contributed by atoms with E-state index in [2.05, 4.69) is 32.0 Å². The topological polar surface area (TPSA) is 60.6 Å². The smallest absolute Gasteiger partial charge is 0.0948 e. The van der Waals surface area contributed by atoms with E-state index < -0.39 is 0 Å². The van der Waals surface area contributed by atoms with Crippen LogP contribution in [-0.4, -0.2) is 24.5 Å². The summed E-state index contributed by atoms with van der Waals surface area (Å²) in [5.74, 6) is 0. The van der Waals surface area contributed by atoms with E-state index in [1.807, 2.05) is 36.8 Å². The minimum Gasteiger partial charge on any atom is -0.379 e. The van der Waals surface area contributed by atoms with E-state index in [-0.39, 0.29) is 0 Å². The van der Waals surface area contributed by atoms with Crippen molar-refractivity contribution in [1.29, 1.82) is 0 Å². The van der Waals surface area contributed by atoms with Crippen LogP contribution in [0.1, 0.15) is 12.6 Å². The number of benzene rings is 1. The number of aryl methyl sites for hydroxylation is 1. The molecule has 20 heavy (non-hydrogen) atoms. The molecule has 2 heterocycles. The molecule has 0 unspecified atom stereocenters. The summed E-state index contributed by atoms with van der Waals surface area (Å²) in [7, 11) is 0. The molecule has 0 aliphatic carbocycles. The molecule has 3 rings (SSSR count). The van der Waals surface area contributed by atoms with E-state index in [0.717, 1.165) is 24.5 Å². The van der Waals surface area contributed by atoms with Gasteiger partial charge in [-0.3, -0.25) is 0 Å². The molecule has 0 atom stereocenters. The Morgan fingerprint density at radius 1 is 1.10 bits per heavy atom. The predicted molar refractivity (Wildman–Crippen MR) is 76.6 cm³/mol. The van der Waals surface area contributed by atoms with Crippen molar-refractivity contribution in [2.24, 2.45) is 0 Å². The van der Waals surface area contributed by atoms with Crippen LogP contribution >= 0.6 is 0 Å². The van der Waals surface area contributed by atoms with Crippen LogP contribution in [0, 0.1) is 0 Å². The molecule has 0 saturated carbocycles. The van der Waals surface area contributed by atoms with Gasteiger partial charge in [0.05, 0.1) is 36.6 Å². The number of nitrogens with one attached hydrogen (secondary N) is 1. The number of anilines is 1. The molecule has 0 radical (unpaired) electrons. The Bertz CT molecular complexity index is 653. The lowest BCUT2D eigenvalue weighted by atomic mass is 10.3. The third kappa shape index (κ3) is 2.54. The number of hydrogen-bond donors (Lipinski definition) is 1. The van der Waals surface area contributed by atoms with Crippen LogP contribution in [-0.2, 0) is 13.1 Å². The molecule has 6 nitrogen and oxygen atoms in total.